The minimum absolute atomic E-state index is 0.756. The normalized spacial score (nSPS) is 11.7. The van der Waals surface area contributed by atoms with Crippen molar-refractivity contribution in [3.05, 3.63) is 108 Å². The molecule has 0 aliphatic rings. The van der Waals surface area contributed by atoms with Crippen molar-refractivity contribution in [1.82, 2.24) is 0 Å². The number of fused-ring (bicyclic) bond motifs is 1. The molecule has 0 amide bonds. The van der Waals surface area contributed by atoms with Gasteiger partial charge < -0.3 is 19.8 Å². The van der Waals surface area contributed by atoms with Crippen LogP contribution >= 0.6 is 0 Å². The van der Waals surface area contributed by atoms with Gasteiger partial charge in [-0.15, -0.1) is 0 Å². The highest BCUT2D eigenvalue weighted by Gasteiger charge is 2.15. The van der Waals surface area contributed by atoms with Crippen LogP contribution in [0.1, 0.15) is 22.8 Å². The highest BCUT2D eigenvalue weighted by atomic mass is 16.3. The summed E-state index contributed by atoms with van der Waals surface area (Å²) in [4.78, 5) is 6.29. The van der Waals surface area contributed by atoms with Crippen LogP contribution in [0.5, 0.6) is 0 Å². The fourth-order valence-corrected chi connectivity index (χ4v) is 4.44. The molecule has 180 valence electrons. The average molecular weight is 466 g/mol. The minimum Gasteiger partial charge on any atom is -0.384 e. The molecule has 1 N–H and O–H groups in total. The Balaban J connectivity index is 1.83. The topological polar surface area (TPSA) is 30.0 Å². The molecule has 0 heterocycles. The second-order valence-corrected chi connectivity index (χ2v) is 9.52. The first kappa shape index (κ1) is 24.4. The molecule has 0 aromatic heterocycles. The molecule has 4 rings (SSSR count). The summed E-state index contributed by atoms with van der Waals surface area (Å²) in [7, 11) is 12.3. The fraction of sp³-hybridized carbons (Fsp3) is 0.226. The van der Waals surface area contributed by atoms with E-state index in [9.17, 15) is 5.11 Å². The Kier molecular flexibility index (Phi) is 7.13. The van der Waals surface area contributed by atoms with Gasteiger partial charge in [-0.3, -0.25) is 0 Å². The van der Waals surface area contributed by atoms with E-state index in [1.54, 1.807) is 0 Å². The molecule has 0 bridgehead atoms. The maximum atomic E-state index is 11.5. The predicted octanol–water partition coefficient (Wildman–Crippen LogP) is 6.20. The van der Waals surface area contributed by atoms with Crippen LogP contribution in [0.15, 0.2) is 91.0 Å². The summed E-state index contributed by atoms with van der Waals surface area (Å²) in [6.07, 6.45) is 1.22. The van der Waals surface area contributed by atoms with Crippen LogP contribution < -0.4 is 14.7 Å². The second kappa shape index (κ2) is 10.2. The van der Waals surface area contributed by atoms with Crippen molar-refractivity contribution in [2.45, 2.75) is 6.10 Å². The van der Waals surface area contributed by atoms with Gasteiger partial charge in [0.15, 0.2) is 0 Å². The molecule has 4 heteroatoms. The van der Waals surface area contributed by atoms with Crippen LogP contribution in [0, 0.1) is 0 Å². The summed E-state index contributed by atoms with van der Waals surface area (Å²) in [6.45, 7) is 0. The van der Waals surface area contributed by atoms with Gasteiger partial charge in [0.1, 0.15) is 0 Å². The number of rotatable bonds is 7. The van der Waals surface area contributed by atoms with Crippen LogP contribution in [0.4, 0.5) is 17.1 Å². The molecule has 1 atom stereocenters. The molecule has 0 saturated heterocycles. The first-order chi connectivity index (χ1) is 16.8. The van der Waals surface area contributed by atoms with Gasteiger partial charge >= 0.3 is 0 Å². The Bertz CT molecular complexity index is 1270. The molecule has 0 radical (unpaired) electrons. The molecule has 4 nitrogen and oxygen atoms in total. The summed E-state index contributed by atoms with van der Waals surface area (Å²) in [6, 6.07) is 29.4. The molecule has 4 aromatic rings. The minimum atomic E-state index is -0.756. The summed E-state index contributed by atoms with van der Waals surface area (Å²) in [5, 5.41) is 13.7. The number of aliphatic hydroxyl groups excluding tert-OH is 1. The first-order valence-corrected chi connectivity index (χ1v) is 11.9. The first-order valence-electron chi connectivity index (χ1n) is 11.9. The summed E-state index contributed by atoms with van der Waals surface area (Å²) >= 11 is 0. The maximum absolute atomic E-state index is 11.5. The summed E-state index contributed by atoms with van der Waals surface area (Å²) < 4.78 is 0. The van der Waals surface area contributed by atoms with E-state index >= 15 is 0 Å². The number of aliphatic hydroxyl groups is 1. The van der Waals surface area contributed by atoms with E-state index in [1.165, 1.54) is 0 Å². The molecule has 1 unspecified atom stereocenters. The van der Waals surface area contributed by atoms with Gasteiger partial charge in [0.05, 0.1) is 6.10 Å². The van der Waals surface area contributed by atoms with Crippen LogP contribution in [-0.2, 0) is 0 Å². The highest BCUT2D eigenvalue weighted by molar-refractivity contribution is 5.97. The molecule has 35 heavy (non-hydrogen) atoms. The monoisotopic (exact) mass is 465 g/mol. The number of nitrogens with zero attached hydrogens (tertiary/aromatic N) is 3. The standard InChI is InChI=1S/C31H35N3O/c1-32(2)24-15-11-22(12-16-24)29(23-13-17-25(18-14-23)33(3)4)21-31(35)28-19-20-30(34(5)6)27-10-8-7-9-26(27)28/h7-21,31,35H,1-6H3. The zero-order valence-electron chi connectivity index (χ0n) is 21.5. The molecular weight excluding hydrogens is 430 g/mol. The van der Waals surface area contributed by atoms with E-state index in [-0.39, 0.29) is 0 Å². The van der Waals surface area contributed by atoms with Crippen LogP contribution in [0.3, 0.4) is 0 Å². The Morgan fingerprint density at radius 1 is 0.600 bits per heavy atom. The second-order valence-electron chi connectivity index (χ2n) is 9.52. The quantitative estimate of drug-likeness (QED) is 0.352. The smallest absolute Gasteiger partial charge is 0.0987 e. The van der Waals surface area contributed by atoms with Crippen LogP contribution in [0.25, 0.3) is 16.3 Å². The van der Waals surface area contributed by atoms with Gasteiger partial charge in [-0.05, 0) is 64.1 Å². The molecular formula is C31H35N3O. The Morgan fingerprint density at radius 2 is 1.09 bits per heavy atom. The largest absolute Gasteiger partial charge is 0.384 e. The number of hydrogen-bond acceptors (Lipinski definition) is 4. The summed E-state index contributed by atoms with van der Waals surface area (Å²) in [5.41, 5.74) is 7.47. The molecule has 4 aromatic carbocycles. The van der Waals surface area contributed by atoms with E-state index in [0.29, 0.717) is 0 Å². The zero-order chi connectivity index (χ0) is 25.1. The number of anilines is 3. The Labute approximate surface area is 209 Å². The lowest BCUT2D eigenvalue weighted by atomic mass is 9.92. The van der Waals surface area contributed by atoms with Crippen molar-refractivity contribution in [2.75, 3.05) is 57.0 Å². The van der Waals surface area contributed by atoms with E-state index < -0.39 is 6.10 Å². The van der Waals surface area contributed by atoms with E-state index in [1.807, 2.05) is 66.6 Å². The average Bonchev–Trinajstić information content (AvgIpc) is 2.86. The van der Waals surface area contributed by atoms with Crippen molar-refractivity contribution in [3.63, 3.8) is 0 Å². The van der Waals surface area contributed by atoms with Gasteiger partial charge in [0.25, 0.3) is 0 Å². The van der Waals surface area contributed by atoms with E-state index in [2.05, 4.69) is 81.4 Å². The molecule has 0 saturated carbocycles. The van der Waals surface area contributed by atoms with E-state index in [0.717, 1.165) is 50.1 Å². The van der Waals surface area contributed by atoms with E-state index in [4.69, 9.17) is 0 Å². The van der Waals surface area contributed by atoms with Crippen LogP contribution in [-0.4, -0.2) is 47.4 Å². The third kappa shape index (κ3) is 5.18. The maximum Gasteiger partial charge on any atom is 0.0987 e. The SMILES string of the molecule is CN(C)c1ccc(C(=CC(O)c2ccc(N(C)C)c3ccccc23)c2ccc(N(C)C)cc2)cc1. The van der Waals surface area contributed by atoms with Crippen LogP contribution in [0.2, 0.25) is 0 Å². The van der Waals surface area contributed by atoms with Gasteiger partial charge in [-0.25, -0.2) is 0 Å². The van der Waals surface area contributed by atoms with Gasteiger partial charge in [0.2, 0.25) is 0 Å². The van der Waals surface area contributed by atoms with Crippen molar-refractivity contribution >= 4 is 33.4 Å². The number of benzene rings is 4. The van der Waals surface area contributed by atoms with Gasteiger partial charge in [-0.1, -0.05) is 54.6 Å². The molecule has 0 aliphatic heterocycles. The predicted molar refractivity (Wildman–Crippen MR) is 152 cm³/mol. The third-order valence-electron chi connectivity index (χ3n) is 6.45. The van der Waals surface area contributed by atoms with Crippen molar-refractivity contribution in [1.29, 1.82) is 0 Å². The summed E-state index contributed by atoms with van der Waals surface area (Å²) in [5.74, 6) is 0. The lowest BCUT2D eigenvalue weighted by molar-refractivity contribution is 0.231. The van der Waals surface area contributed by atoms with Gasteiger partial charge in [0, 0.05) is 64.7 Å². The van der Waals surface area contributed by atoms with Crippen molar-refractivity contribution < 1.29 is 5.11 Å². The third-order valence-corrected chi connectivity index (χ3v) is 6.45. The lowest BCUT2D eigenvalue weighted by Crippen LogP contribution is -2.10. The van der Waals surface area contributed by atoms with Crippen molar-refractivity contribution in [3.8, 4) is 0 Å². The molecule has 0 spiro atoms. The van der Waals surface area contributed by atoms with Gasteiger partial charge in [-0.2, -0.15) is 0 Å². The number of hydrogen-bond donors (Lipinski definition) is 1. The zero-order valence-corrected chi connectivity index (χ0v) is 21.5. The molecule has 0 fully saturated rings. The molecule has 0 aliphatic carbocycles. The Hall–Kier alpha value is -3.76. The van der Waals surface area contributed by atoms with Crippen molar-refractivity contribution in [2.24, 2.45) is 0 Å². The Morgan fingerprint density at radius 3 is 1.54 bits per heavy atom. The lowest BCUT2D eigenvalue weighted by Gasteiger charge is -2.20. The fourth-order valence-electron chi connectivity index (χ4n) is 4.44. The highest BCUT2D eigenvalue weighted by Crippen LogP contribution is 2.35.